The molecule has 1 atom stereocenters. The molecule has 0 radical (unpaired) electrons. The van der Waals surface area contributed by atoms with Crippen LogP contribution in [0.5, 0.6) is 5.75 Å². The van der Waals surface area contributed by atoms with Gasteiger partial charge < -0.3 is 10.1 Å². The summed E-state index contributed by atoms with van der Waals surface area (Å²) in [6.45, 7) is 2.88. The molecule has 1 N–H and O–H groups in total. The average Bonchev–Trinajstić information content (AvgIpc) is 2.92. The molecule has 6 rings (SSSR count). The second-order valence-corrected chi connectivity index (χ2v) is 9.35. The largest absolute Gasteiger partial charge is 0.423 e. The Balaban J connectivity index is 1.38. The molecule has 4 aromatic rings. The highest BCUT2D eigenvalue weighted by Crippen LogP contribution is 2.48. The van der Waals surface area contributed by atoms with Gasteiger partial charge in [0.1, 0.15) is 12.3 Å². The van der Waals surface area contributed by atoms with Crippen LogP contribution in [0.15, 0.2) is 96.5 Å². The number of hydrogen-bond acceptors (Lipinski definition) is 4. The molecule has 0 amide bonds. The zero-order chi connectivity index (χ0) is 24.6. The molecule has 5 nitrogen and oxygen atoms in total. The van der Waals surface area contributed by atoms with Crippen molar-refractivity contribution in [2.75, 3.05) is 5.32 Å². The van der Waals surface area contributed by atoms with Crippen LogP contribution in [-0.4, -0.2) is 11.8 Å². The van der Waals surface area contributed by atoms with Gasteiger partial charge in [-0.2, -0.15) is 0 Å². The number of carbonyl (C=O) groups excluding carboxylic acids is 2. The number of aryl methyl sites for hydroxylation is 1. The van der Waals surface area contributed by atoms with E-state index >= 15 is 0 Å². The number of rotatable bonds is 4. The number of benzene rings is 3. The standard InChI is InChI=1S/C31H26N2O3/c1-2-33-18-16-22(17-19-33)31(35)36-23-13-10-21(11-14-23)28-29-24-7-4-3-6-20(24)12-15-26(29)32-25-8-5-9-27(34)30(25)28/h3-4,6-7,10-19,28H,2,5,8-9H2,1H3/p+1. The number of esters is 1. The number of nitrogens with zero attached hydrogens (tertiary/aromatic N) is 1. The Morgan fingerprint density at radius 2 is 1.75 bits per heavy atom. The zero-order valence-electron chi connectivity index (χ0n) is 20.2. The molecular formula is C31H27N2O3+. The molecule has 36 heavy (non-hydrogen) atoms. The first-order chi connectivity index (χ1) is 17.6. The van der Waals surface area contributed by atoms with Crippen molar-refractivity contribution in [3.63, 3.8) is 0 Å². The Bertz CT molecular complexity index is 1520. The minimum absolute atomic E-state index is 0.168. The molecule has 178 valence electrons. The van der Waals surface area contributed by atoms with E-state index in [0.29, 0.717) is 17.7 Å². The van der Waals surface area contributed by atoms with Gasteiger partial charge in [-0.1, -0.05) is 42.5 Å². The third kappa shape index (κ3) is 3.87. The topological polar surface area (TPSA) is 59.3 Å². The molecule has 1 aromatic heterocycles. The van der Waals surface area contributed by atoms with Crippen LogP contribution in [0.1, 0.15) is 53.6 Å². The van der Waals surface area contributed by atoms with Gasteiger partial charge in [0.05, 0.1) is 5.56 Å². The van der Waals surface area contributed by atoms with Crippen molar-refractivity contribution >= 4 is 28.2 Å². The summed E-state index contributed by atoms with van der Waals surface area (Å²) in [4.78, 5) is 25.9. The van der Waals surface area contributed by atoms with Gasteiger partial charge in [0.15, 0.2) is 18.2 Å². The SMILES string of the molecule is CC[n+]1ccc(C(=O)Oc2ccc(C3C4=C(CCCC4=O)Nc4ccc5ccccc5c43)cc2)cc1. The van der Waals surface area contributed by atoms with E-state index in [9.17, 15) is 9.59 Å². The smallest absolute Gasteiger partial charge is 0.343 e. The lowest BCUT2D eigenvalue weighted by molar-refractivity contribution is -0.693. The Hall–Kier alpha value is -4.25. The van der Waals surface area contributed by atoms with E-state index in [1.165, 1.54) is 0 Å². The first kappa shape index (κ1) is 22.2. The summed E-state index contributed by atoms with van der Waals surface area (Å²) in [6, 6.07) is 23.7. The molecule has 3 aromatic carbocycles. The highest BCUT2D eigenvalue weighted by atomic mass is 16.5. The van der Waals surface area contributed by atoms with Crippen molar-refractivity contribution in [1.29, 1.82) is 0 Å². The van der Waals surface area contributed by atoms with Crippen molar-refractivity contribution < 1.29 is 18.9 Å². The van der Waals surface area contributed by atoms with Crippen LogP contribution in [0.3, 0.4) is 0 Å². The quantitative estimate of drug-likeness (QED) is 0.226. The van der Waals surface area contributed by atoms with Gasteiger partial charge in [0, 0.05) is 41.4 Å². The lowest BCUT2D eigenvalue weighted by atomic mass is 9.74. The van der Waals surface area contributed by atoms with Crippen LogP contribution in [0.25, 0.3) is 10.8 Å². The summed E-state index contributed by atoms with van der Waals surface area (Å²) in [5, 5.41) is 5.86. The number of Topliss-reactive ketones (excluding diaryl/α,β-unsaturated/α-hetero) is 1. The molecular weight excluding hydrogens is 448 g/mol. The van der Waals surface area contributed by atoms with Crippen molar-refractivity contribution in [2.45, 2.75) is 38.6 Å². The molecule has 2 heterocycles. The minimum Gasteiger partial charge on any atom is -0.423 e. The molecule has 1 aliphatic heterocycles. The van der Waals surface area contributed by atoms with Gasteiger partial charge in [0.25, 0.3) is 0 Å². The molecule has 0 saturated carbocycles. The summed E-state index contributed by atoms with van der Waals surface area (Å²) in [6.07, 6.45) is 6.04. The fourth-order valence-electron chi connectivity index (χ4n) is 5.38. The number of aromatic nitrogens is 1. The first-order valence-corrected chi connectivity index (χ1v) is 12.5. The first-order valence-electron chi connectivity index (χ1n) is 12.5. The number of fused-ring (bicyclic) bond motifs is 3. The molecule has 0 saturated heterocycles. The lowest BCUT2D eigenvalue weighted by Gasteiger charge is -2.35. The second-order valence-electron chi connectivity index (χ2n) is 9.35. The van der Waals surface area contributed by atoms with E-state index in [0.717, 1.165) is 58.2 Å². The number of carbonyl (C=O) groups is 2. The summed E-state index contributed by atoms with van der Waals surface area (Å²) in [5.74, 6) is 0.124. The number of hydrogen-bond donors (Lipinski definition) is 1. The number of ether oxygens (including phenoxy) is 1. The fraction of sp³-hybridized carbons (Fsp3) is 0.194. The Morgan fingerprint density at radius 3 is 2.53 bits per heavy atom. The van der Waals surface area contributed by atoms with Crippen molar-refractivity contribution in [1.82, 2.24) is 0 Å². The highest BCUT2D eigenvalue weighted by molar-refractivity contribution is 6.04. The number of allylic oxidation sites excluding steroid dienone is 2. The average molecular weight is 476 g/mol. The predicted octanol–water partition coefficient (Wildman–Crippen LogP) is 5.93. The Morgan fingerprint density at radius 1 is 0.972 bits per heavy atom. The predicted molar refractivity (Wildman–Crippen MR) is 139 cm³/mol. The van der Waals surface area contributed by atoms with Gasteiger partial charge in [-0.05, 0) is 59.9 Å². The van der Waals surface area contributed by atoms with Gasteiger partial charge in [-0.25, -0.2) is 9.36 Å². The van der Waals surface area contributed by atoms with Crippen LogP contribution < -0.4 is 14.6 Å². The summed E-state index contributed by atoms with van der Waals surface area (Å²) in [7, 11) is 0. The summed E-state index contributed by atoms with van der Waals surface area (Å²) in [5.41, 5.74) is 5.59. The monoisotopic (exact) mass is 475 g/mol. The maximum absolute atomic E-state index is 13.2. The van der Waals surface area contributed by atoms with Crippen LogP contribution in [-0.2, 0) is 11.3 Å². The number of ketones is 1. The molecule has 1 unspecified atom stereocenters. The van der Waals surface area contributed by atoms with Crippen LogP contribution in [0.4, 0.5) is 5.69 Å². The molecule has 5 heteroatoms. The fourth-order valence-corrected chi connectivity index (χ4v) is 5.38. The number of pyridine rings is 1. The van der Waals surface area contributed by atoms with Crippen molar-refractivity contribution in [3.05, 3.63) is 113 Å². The number of anilines is 1. The third-order valence-corrected chi connectivity index (χ3v) is 7.21. The maximum atomic E-state index is 13.2. The molecule has 0 bridgehead atoms. The van der Waals surface area contributed by atoms with E-state index in [2.05, 4.69) is 29.6 Å². The van der Waals surface area contributed by atoms with Gasteiger partial charge in [-0.15, -0.1) is 0 Å². The van der Waals surface area contributed by atoms with Crippen LogP contribution >= 0.6 is 0 Å². The molecule has 0 fully saturated rings. The normalized spacial score (nSPS) is 16.8. The Kier molecular flexibility index (Phi) is 5.61. The van der Waals surface area contributed by atoms with Crippen LogP contribution in [0, 0.1) is 0 Å². The molecule has 2 aliphatic rings. The summed E-state index contributed by atoms with van der Waals surface area (Å²) < 4.78 is 7.63. The zero-order valence-corrected chi connectivity index (χ0v) is 20.2. The van der Waals surface area contributed by atoms with Gasteiger partial charge in [-0.3, -0.25) is 4.79 Å². The van der Waals surface area contributed by atoms with Crippen LogP contribution in [0.2, 0.25) is 0 Å². The summed E-state index contributed by atoms with van der Waals surface area (Å²) >= 11 is 0. The maximum Gasteiger partial charge on any atom is 0.343 e. The van der Waals surface area contributed by atoms with Gasteiger partial charge >= 0.3 is 5.97 Å². The third-order valence-electron chi connectivity index (χ3n) is 7.21. The minimum atomic E-state index is -0.392. The van der Waals surface area contributed by atoms with E-state index < -0.39 is 5.97 Å². The highest BCUT2D eigenvalue weighted by Gasteiger charge is 2.36. The van der Waals surface area contributed by atoms with Crippen molar-refractivity contribution in [3.8, 4) is 5.75 Å². The van der Waals surface area contributed by atoms with Gasteiger partial charge in [0.2, 0.25) is 0 Å². The molecule has 1 aliphatic carbocycles. The van der Waals surface area contributed by atoms with E-state index in [1.54, 1.807) is 12.1 Å². The van der Waals surface area contributed by atoms with E-state index in [4.69, 9.17) is 4.74 Å². The van der Waals surface area contributed by atoms with E-state index in [1.807, 2.05) is 60.3 Å². The number of nitrogens with one attached hydrogen (secondary N) is 1. The lowest BCUT2D eigenvalue weighted by Crippen LogP contribution is -2.31. The molecule has 0 spiro atoms. The van der Waals surface area contributed by atoms with E-state index in [-0.39, 0.29) is 11.7 Å². The Labute approximate surface area is 210 Å². The second kappa shape index (κ2) is 9.08. The van der Waals surface area contributed by atoms with Crippen molar-refractivity contribution in [2.24, 2.45) is 0 Å².